The molecule has 34 heavy (non-hydrogen) atoms. The third-order valence-corrected chi connectivity index (χ3v) is 8.37. The van der Waals surface area contributed by atoms with Crippen molar-refractivity contribution in [1.29, 1.82) is 0 Å². The summed E-state index contributed by atoms with van der Waals surface area (Å²) >= 11 is 0. The van der Waals surface area contributed by atoms with Gasteiger partial charge in [-0.25, -0.2) is 0 Å². The van der Waals surface area contributed by atoms with Crippen LogP contribution < -0.4 is 10.1 Å². The van der Waals surface area contributed by atoms with E-state index in [2.05, 4.69) is 10.2 Å². The van der Waals surface area contributed by atoms with Crippen LogP contribution in [0.2, 0.25) is 0 Å². The molecule has 3 aromatic carbocycles. The molecule has 1 spiro atoms. The molecular formula is C27H23N3O4. The van der Waals surface area contributed by atoms with Crippen LogP contribution in [0.25, 0.3) is 0 Å². The Morgan fingerprint density at radius 3 is 2.56 bits per heavy atom. The second-order valence-corrected chi connectivity index (χ2v) is 9.64. The molecule has 170 valence electrons. The number of hydrogen-bond donors (Lipinski definition) is 1. The molecule has 0 radical (unpaired) electrons. The minimum atomic E-state index is -1.53. The van der Waals surface area contributed by atoms with E-state index in [1.165, 1.54) is 0 Å². The van der Waals surface area contributed by atoms with Crippen molar-refractivity contribution in [2.45, 2.75) is 42.0 Å². The van der Waals surface area contributed by atoms with Crippen LogP contribution in [-0.4, -0.2) is 33.9 Å². The highest BCUT2D eigenvalue weighted by Crippen LogP contribution is 2.69. The number of fused-ring (bicyclic) bond motifs is 9. The van der Waals surface area contributed by atoms with Gasteiger partial charge in [0, 0.05) is 28.3 Å². The summed E-state index contributed by atoms with van der Waals surface area (Å²) in [7, 11) is 0. The molecule has 0 aromatic heterocycles. The zero-order valence-electron chi connectivity index (χ0n) is 18.4. The summed E-state index contributed by atoms with van der Waals surface area (Å²) in [4.78, 5) is 29.5. The molecule has 2 fully saturated rings. The van der Waals surface area contributed by atoms with Gasteiger partial charge in [-0.2, -0.15) is 0 Å². The Morgan fingerprint density at radius 1 is 1.00 bits per heavy atom. The lowest BCUT2D eigenvalue weighted by atomic mass is 9.62. The fourth-order valence-corrected chi connectivity index (χ4v) is 7.33. The van der Waals surface area contributed by atoms with Crippen LogP contribution in [-0.2, 0) is 10.3 Å². The predicted molar refractivity (Wildman–Crippen MR) is 125 cm³/mol. The Morgan fingerprint density at radius 2 is 1.74 bits per heavy atom. The molecule has 7 rings (SSSR count). The second-order valence-electron chi connectivity index (χ2n) is 9.64. The summed E-state index contributed by atoms with van der Waals surface area (Å²) in [6, 6.07) is 24.2. The molecule has 7 heteroatoms. The van der Waals surface area contributed by atoms with Crippen molar-refractivity contribution in [3.63, 3.8) is 0 Å². The SMILES string of the molecule is O=C1Nc2ccccc2[C@@]12[C@H]1c3ccccc3O[C@H](c3ccccc3)[C@@]1([N+](=O)[O-])C1CCCN12. The molecule has 4 aliphatic rings. The van der Waals surface area contributed by atoms with Crippen LogP contribution in [0.15, 0.2) is 78.9 Å². The minimum Gasteiger partial charge on any atom is -0.478 e. The van der Waals surface area contributed by atoms with Crippen LogP contribution in [0.4, 0.5) is 5.69 Å². The van der Waals surface area contributed by atoms with Crippen LogP contribution in [0.3, 0.4) is 0 Å². The van der Waals surface area contributed by atoms with Gasteiger partial charge in [0.05, 0.1) is 12.0 Å². The molecule has 1 N–H and O–H groups in total. The average molecular weight is 453 g/mol. The molecule has 4 heterocycles. The zero-order chi connectivity index (χ0) is 23.1. The Bertz CT molecular complexity index is 1340. The summed E-state index contributed by atoms with van der Waals surface area (Å²) in [5.74, 6) is -0.284. The average Bonchev–Trinajstić information content (AvgIpc) is 3.52. The summed E-state index contributed by atoms with van der Waals surface area (Å²) < 4.78 is 6.53. The molecule has 5 atom stereocenters. The minimum absolute atomic E-state index is 0.128. The number of carbonyl (C=O) groups is 1. The molecule has 1 amide bonds. The number of amides is 1. The quantitative estimate of drug-likeness (QED) is 0.463. The molecule has 4 aliphatic heterocycles. The van der Waals surface area contributed by atoms with Gasteiger partial charge in [-0.05, 0) is 30.5 Å². The van der Waals surface area contributed by atoms with Gasteiger partial charge in [-0.1, -0.05) is 66.7 Å². The first-order valence-corrected chi connectivity index (χ1v) is 11.7. The number of anilines is 1. The van der Waals surface area contributed by atoms with Crippen molar-refractivity contribution < 1.29 is 14.5 Å². The van der Waals surface area contributed by atoms with Crippen molar-refractivity contribution in [2.75, 3.05) is 11.9 Å². The fraction of sp³-hybridized carbons (Fsp3) is 0.296. The van der Waals surface area contributed by atoms with Gasteiger partial charge in [0.1, 0.15) is 11.3 Å². The number of para-hydroxylation sites is 2. The molecule has 7 nitrogen and oxygen atoms in total. The zero-order valence-corrected chi connectivity index (χ0v) is 18.4. The largest absolute Gasteiger partial charge is 0.478 e. The van der Waals surface area contributed by atoms with Gasteiger partial charge in [-0.15, -0.1) is 0 Å². The Balaban J connectivity index is 1.61. The maximum absolute atomic E-state index is 14.1. The van der Waals surface area contributed by atoms with Gasteiger partial charge in [0.25, 0.3) is 11.4 Å². The van der Waals surface area contributed by atoms with E-state index >= 15 is 0 Å². The van der Waals surface area contributed by atoms with Crippen molar-refractivity contribution in [3.05, 3.63) is 106 Å². The first kappa shape index (κ1) is 19.7. The van der Waals surface area contributed by atoms with E-state index in [1.807, 2.05) is 78.9 Å². The third kappa shape index (κ3) is 2.09. The normalized spacial score (nSPS) is 32.9. The van der Waals surface area contributed by atoms with Gasteiger partial charge >= 0.3 is 0 Å². The highest BCUT2D eigenvalue weighted by molar-refractivity contribution is 6.07. The van der Waals surface area contributed by atoms with Crippen molar-refractivity contribution in [3.8, 4) is 5.75 Å². The standard InChI is InChI=1S/C27H23N3O4/c31-25-26(19-12-5-6-13-20(19)28-25)23-18-11-4-7-14-21(18)34-24(17-9-2-1-3-10-17)27(23,30(32)33)22-15-8-16-29(22)26/h1-7,9-14,22-24H,8,15-16H2,(H,28,31)/t22?,23-,24-,26-,27-/m1/s1. The first-order chi connectivity index (χ1) is 16.6. The molecule has 0 aliphatic carbocycles. The molecule has 0 saturated carbocycles. The lowest BCUT2D eigenvalue weighted by molar-refractivity contribution is -0.591. The predicted octanol–water partition coefficient (Wildman–Crippen LogP) is 4.25. The van der Waals surface area contributed by atoms with E-state index in [0.29, 0.717) is 18.7 Å². The number of ether oxygens (including phenoxy) is 1. The number of benzene rings is 3. The van der Waals surface area contributed by atoms with Crippen molar-refractivity contribution >= 4 is 11.6 Å². The van der Waals surface area contributed by atoms with Gasteiger partial charge in [0.2, 0.25) is 0 Å². The second kappa shape index (κ2) is 6.67. The van der Waals surface area contributed by atoms with E-state index in [1.54, 1.807) is 0 Å². The van der Waals surface area contributed by atoms with Gasteiger partial charge in [-0.3, -0.25) is 19.8 Å². The van der Waals surface area contributed by atoms with Crippen LogP contribution in [0.5, 0.6) is 5.75 Å². The lowest BCUT2D eigenvalue weighted by Crippen LogP contribution is -2.59. The topological polar surface area (TPSA) is 84.7 Å². The number of carbonyl (C=O) groups excluding carboxylic acids is 1. The summed E-state index contributed by atoms with van der Waals surface area (Å²) in [6.45, 7) is 0.627. The van der Waals surface area contributed by atoms with Crippen molar-refractivity contribution in [2.24, 2.45) is 0 Å². The molecule has 0 bridgehead atoms. The van der Waals surface area contributed by atoms with Gasteiger partial charge in [0.15, 0.2) is 6.10 Å². The number of hydrogen-bond acceptors (Lipinski definition) is 5. The van der Waals surface area contributed by atoms with E-state index < -0.39 is 29.1 Å². The van der Waals surface area contributed by atoms with Crippen LogP contribution in [0, 0.1) is 10.1 Å². The van der Waals surface area contributed by atoms with Crippen LogP contribution in [0.1, 0.15) is 41.6 Å². The Kier molecular flexibility index (Phi) is 3.87. The monoisotopic (exact) mass is 453 g/mol. The number of nitrogens with one attached hydrogen (secondary N) is 1. The van der Waals surface area contributed by atoms with Crippen molar-refractivity contribution in [1.82, 2.24) is 4.90 Å². The summed E-state index contributed by atoms with van der Waals surface area (Å²) in [6.07, 6.45) is 0.616. The number of rotatable bonds is 2. The van der Waals surface area contributed by atoms with E-state index in [4.69, 9.17) is 4.74 Å². The smallest absolute Gasteiger partial charge is 0.287 e. The maximum atomic E-state index is 14.1. The molecule has 2 saturated heterocycles. The van der Waals surface area contributed by atoms with E-state index in [-0.39, 0.29) is 10.8 Å². The Labute approximate surface area is 196 Å². The first-order valence-electron chi connectivity index (χ1n) is 11.7. The molecule has 1 unspecified atom stereocenters. The van der Waals surface area contributed by atoms with E-state index in [0.717, 1.165) is 28.8 Å². The highest BCUT2D eigenvalue weighted by Gasteiger charge is 2.83. The van der Waals surface area contributed by atoms with E-state index in [9.17, 15) is 14.9 Å². The fourth-order valence-electron chi connectivity index (χ4n) is 7.33. The van der Waals surface area contributed by atoms with Gasteiger partial charge < -0.3 is 10.1 Å². The third-order valence-electron chi connectivity index (χ3n) is 8.37. The maximum Gasteiger partial charge on any atom is 0.287 e. The number of nitro groups is 1. The number of nitrogens with zero attached hydrogens (tertiary/aromatic N) is 2. The summed E-state index contributed by atoms with van der Waals surface area (Å²) in [5, 5.41) is 16.5. The Hall–Kier alpha value is -3.71. The highest BCUT2D eigenvalue weighted by atomic mass is 16.6. The summed E-state index contributed by atoms with van der Waals surface area (Å²) in [5.41, 5.74) is 0.349. The lowest BCUT2D eigenvalue weighted by Gasteiger charge is -2.44. The van der Waals surface area contributed by atoms with Crippen LogP contribution >= 0.6 is 0 Å². The molecule has 3 aromatic rings. The molecular weight excluding hydrogens is 430 g/mol.